The second kappa shape index (κ2) is 8.27. The molecule has 0 aliphatic heterocycles. The van der Waals surface area contributed by atoms with E-state index < -0.39 is 0 Å². The van der Waals surface area contributed by atoms with Crippen LogP contribution in [0.25, 0.3) is 21.7 Å². The number of amides is 2. The van der Waals surface area contributed by atoms with Crippen molar-refractivity contribution in [3.05, 3.63) is 58.2 Å². The van der Waals surface area contributed by atoms with Crippen LogP contribution in [0.15, 0.2) is 41.1 Å². The number of carbonyl (C=O) groups is 2. The van der Waals surface area contributed by atoms with E-state index >= 15 is 0 Å². The normalized spacial score (nSPS) is 11.0. The molecule has 0 fully saturated rings. The summed E-state index contributed by atoms with van der Waals surface area (Å²) in [6.07, 6.45) is 1.62. The van der Waals surface area contributed by atoms with E-state index in [1.54, 1.807) is 43.6 Å². The first kappa shape index (κ1) is 20.7. The number of hydrogen-bond donors (Lipinski definition) is 1. The van der Waals surface area contributed by atoms with Crippen LogP contribution in [0, 0.1) is 20.8 Å². The van der Waals surface area contributed by atoms with Crippen molar-refractivity contribution in [1.29, 1.82) is 0 Å². The smallest absolute Gasteiger partial charge is 0.259 e. The maximum absolute atomic E-state index is 13.3. The van der Waals surface area contributed by atoms with Crippen LogP contribution in [0.2, 0.25) is 0 Å². The lowest BCUT2D eigenvalue weighted by Crippen LogP contribution is -2.35. The fourth-order valence-corrected chi connectivity index (χ4v) is 4.07. The van der Waals surface area contributed by atoms with Crippen LogP contribution in [-0.2, 0) is 4.79 Å². The summed E-state index contributed by atoms with van der Waals surface area (Å²) >= 11 is 1.58. The molecule has 0 bridgehead atoms. The SMILES string of the molecule is Cc1ccnc(NC(=O)CN(C)C(=O)c2cc(-c3ccc(C)s3)nc3onc(C)c23)c1. The van der Waals surface area contributed by atoms with Gasteiger partial charge in [-0.2, -0.15) is 0 Å². The average molecular weight is 436 g/mol. The van der Waals surface area contributed by atoms with Gasteiger partial charge in [0.25, 0.3) is 11.6 Å². The van der Waals surface area contributed by atoms with E-state index in [4.69, 9.17) is 4.52 Å². The third-order valence-electron chi connectivity index (χ3n) is 4.75. The van der Waals surface area contributed by atoms with Crippen molar-refractivity contribution < 1.29 is 14.1 Å². The van der Waals surface area contributed by atoms with Gasteiger partial charge in [-0.3, -0.25) is 9.59 Å². The van der Waals surface area contributed by atoms with Crippen molar-refractivity contribution in [3.63, 3.8) is 0 Å². The van der Waals surface area contributed by atoms with Gasteiger partial charge in [0, 0.05) is 18.1 Å². The van der Waals surface area contributed by atoms with Gasteiger partial charge in [-0.25, -0.2) is 9.97 Å². The Balaban J connectivity index is 1.61. The molecule has 9 heteroatoms. The van der Waals surface area contributed by atoms with Gasteiger partial charge in [-0.15, -0.1) is 11.3 Å². The van der Waals surface area contributed by atoms with E-state index in [1.807, 2.05) is 32.0 Å². The maximum Gasteiger partial charge on any atom is 0.259 e. The second-order valence-electron chi connectivity index (χ2n) is 7.34. The number of anilines is 1. The molecule has 0 atom stereocenters. The maximum atomic E-state index is 13.3. The molecule has 2 amide bonds. The van der Waals surface area contributed by atoms with E-state index in [2.05, 4.69) is 20.4 Å². The number of pyridine rings is 2. The van der Waals surface area contributed by atoms with Gasteiger partial charge in [-0.05, 0) is 56.7 Å². The van der Waals surface area contributed by atoms with E-state index in [9.17, 15) is 9.59 Å². The fourth-order valence-electron chi connectivity index (χ4n) is 3.24. The molecule has 0 spiro atoms. The Hall–Kier alpha value is -3.59. The Kier molecular flexibility index (Phi) is 5.51. The molecule has 31 heavy (non-hydrogen) atoms. The lowest BCUT2D eigenvalue weighted by Gasteiger charge is -2.17. The number of thiophene rings is 1. The van der Waals surface area contributed by atoms with Crippen molar-refractivity contribution >= 4 is 40.1 Å². The van der Waals surface area contributed by atoms with Crippen molar-refractivity contribution in [1.82, 2.24) is 20.0 Å². The summed E-state index contributed by atoms with van der Waals surface area (Å²) in [6, 6.07) is 9.29. The quantitative estimate of drug-likeness (QED) is 0.509. The lowest BCUT2D eigenvalue weighted by molar-refractivity contribution is -0.116. The Morgan fingerprint density at radius 3 is 2.68 bits per heavy atom. The van der Waals surface area contributed by atoms with E-state index in [0.717, 1.165) is 15.3 Å². The first-order valence-corrected chi connectivity index (χ1v) is 10.5. The summed E-state index contributed by atoms with van der Waals surface area (Å²) in [6.45, 7) is 5.55. The van der Waals surface area contributed by atoms with Gasteiger partial charge >= 0.3 is 0 Å². The number of nitrogens with zero attached hydrogens (tertiary/aromatic N) is 4. The van der Waals surface area contributed by atoms with E-state index in [0.29, 0.717) is 33.9 Å². The number of nitrogens with one attached hydrogen (secondary N) is 1. The predicted molar refractivity (Wildman–Crippen MR) is 119 cm³/mol. The molecular weight excluding hydrogens is 414 g/mol. The molecule has 1 N–H and O–H groups in total. The summed E-state index contributed by atoms with van der Waals surface area (Å²) in [4.78, 5) is 37.8. The van der Waals surface area contributed by atoms with Gasteiger partial charge in [0.05, 0.1) is 33.8 Å². The highest BCUT2D eigenvalue weighted by atomic mass is 32.1. The minimum absolute atomic E-state index is 0.129. The largest absolute Gasteiger partial charge is 0.335 e. The Bertz CT molecular complexity index is 1290. The van der Waals surface area contributed by atoms with Crippen molar-refractivity contribution in [2.45, 2.75) is 20.8 Å². The highest BCUT2D eigenvalue weighted by Crippen LogP contribution is 2.31. The Morgan fingerprint density at radius 1 is 1.16 bits per heavy atom. The monoisotopic (exact) mass is 435 g/mol. The highest BCUT2D eigenvalue weighted by molar-refractivity contribution is 7.15. The van der Waals surface area contributed by atoms with Crippen LogP contribution in [0.4, 0.5) is 5.82 Å². The number of hydrogen-bond acceptors (Lipinski definition) is 7. The zero-order chi connectivity index (χ0) is 22.1. The number of rotatable bonds is 5. The van der Waals surface area contributed by atoms with Crippen LogP contribution in [0.3, 0.4) is 0 Å². The van der Waals surface area contributed by atoms with E-state index in [1.165, 1.54) is 4.90 Å². The van der Waals surface area contributed by atoms with Crippen molar-refractivity contribution in [2.75, 3.05) is 18.9 Å². The predicted octanol–water partition coefficient (Wildman–Crippen LogP) is 3.98. The summed E-state index contributed by atoms with van der Waals surface area (Å²) < 4.78 is 5.34. The molecule has 0 saturated carbocycles. The number of carbonyl (C=O) groups excluding carboxylic acids is 2. The zero-order valence-corrected chi connectivity index (χ0v) is 18.4. The molecule has 8 nitrogen and oxygen atoms in total. The Labute approximate surface area is 182 Å². The van der Waals surface area contributed by atoms with Crippen molar-refractivity contribution in [3.8, 4) is 10.6 Å². The van der Waals surface area contributed by atoms with Gasteiger partial charge in [0.15, 0.2) is 0 Å². The number of aryl methyl sites for hydroxylation is 3. The summed E-state index contributed by atoms with van der Waals surface area (Å²) in [5.41, 5.74) is 2.88. The summed E-state index contributed by atoms with van der Waals surface area (Å²) in [7, 11) is 1.58. The molecular formula is C22H21N5O3S. The zero-order valence-electron chi connectivity index (χ0n) is 17.6. The molecule has 0 saturated heterocycles. The molecule has 4 rings (SSSR count). The standard InChI is InChI=1S/C22H21N5O3S/c1-12-7-8-23-18(9-12)25-19(28)11-27(4)22(29)15-10-16(17-6-5-13(2)31-17)24-21-20(15)14(3)26-30-21/h5-10H,11H2,1-4H3,(H,23,25,28). The average Bonchev–Trinajstić information content (AvgIpc) is 3.32. The molecule has 0 aliphatic carbocycles. The van der Waals surface area contributed by atoms with Gasteiger partial charge < -0.3 is 14.7 Å². The lowest BCUT2D eigenvalue weighted by atomic mass is 10.1. The third-order valence-corrected chi connectivity index (χ3v) is 5.77. The second-order valence-corrected chi connectivity index (χ2v) is 8.63. The van der Waals surface area contributed by atoms with Gasteiger partial charge in [0.1, 0.15) is 5.82 Å². The van der Waals surface area contributed by atoms with Crippen molar-refractivity contribution in [2.24, 2.45) is 0 Å². The molecule has 158 valence electrons. The molecule has 0 radical (unpaired) electrons. The molecule has 4 heterocycles. The minimum atomic E-state index is -0.338. The van der Waals surface area contributed by atoms with Crippen LogP contribution < -0.4 is 5.32 Å². The minimum Gasteiger partial charge on any atom is -0.335 e. The first-order chi connectivity index (χ1) is 14.8. The number of likely N-dealkylation sites (N-methyl/N-ethyl adjacent to an activating group) is 1. The topological polar surface area (TPSA) is 101 Å². The Morgan fingerprint density at radius 2 is 1.97 bits per heavy atom. The van der Waals surface area contributed by atoms with Gasteiger partial charge in [0.2, 0.25) is 5.91 Å². The van der Waals surface area contributed by atoms with Crippen LogP contribution in [-0.4, -0.2) is 45.4 Å². The molecule has 4 aromatic heterocycles. The fraction of sp³-hybridized carbons (Fsp3) is 0.227. The molecule has 0 aromatic carbocycles. The number of aromatic nitrogens is 3. The van der Waals surface area contributed by atoms with Crippen LogP contribution >= 0.6 is 11.3 Å². The first-order valence-electron chi connectivity index (χ1n) is 9.63. The summed E-state index contributed by atoms with van der Waals surface area (Å²) in [5, 5.41) is 7.24. The third kappa shape index (κ3) is 4.31. The molecule has 0 aliphatic rings. The van der Waals surface area contributed by atoms with Crippen LogP contribution in [0.5, 0.6) is 0 Å². The molecule has 4 aromatic rings. The van der Waals surface area contributed by atoms with Gasteiger partial charge in [-0.1, -0.05) is 5.16 Å². The summed E-state index contributed by atoms with van der Waals surface area (Å²) in [5.74, 6) is -0.210. The van der Waals surface area contributed by atoms with E-state index in [-0.39, 0.29) is 18.4 Å². The molecule has 0 unspecified atom stereocenters. The van der Waals surface area contributed by atoms with Crippen LogP contribution in [0.1, 0.15) is 26.5 Å². The number of fused-ring (bicyclic) bond motifs is 1. The highest BCUT2D eigenvalue weighted by Gasteiger charge is 2.23.